The fraction of sp³-hybridized carbons (Fsp3) is 0.0526. The first-order valence-corrected chi connectivity index (χ1v) is 21.2. The van der Waals surface area contributed by atoms with Gasteiger partial charge >= 0.3 is 0 Å². The molecule has 1 aromatic heterocycles. The average Bonchev–Trinajstić information content (AvgIpc) is 3.78. The molecule has 0 spiro atoms. The SMILES string of the molecule is CC1(C)c2cc(-c3ccc4sc5ccccc5c4c3)ccc2-c2ccc(N(c3ccc(-c4ccccc4)cc3)c3cc(-c4ccccc4)cc(-c4ccccc4)c3)cc21. The molecule has 0 fully saturated rings. The first-order chi connectivity index (χ1) is 29.0. The molecule has 1 aliphatic rings. The van der Waals surface area contributed by atoms with Gasteiger partial charge in [-0.3, -0.25) is 0 Å². The van der Waals surface area contributed by atoms with Crippen LogP contribution >= 0.6 is 11.3 Å². The Morgan fingerprint density at radius 1 is 0.322 bits per heavy atom. The van der Waals surface area contributed by atoms with Crippen LogP contribution in [0.5, 0.6) is 0 Å². The van der Waals surface area contributed by atoms with Crippen molar-refractivity contribution >= 4 is 48.6 Å². The maximum atomic E-state index is 2.45. The van der Waals surface area contributed by atoms with Crippen molar-refractivity contribution in [3.8, 4) is 55.6 Å². The fourth-order valence-corrected chi connectivity index (χ4v) is 10.3. The lowest BCUT2D eigenvalue weighted by molar-refractivity contribution is 0.660. The van der Waals surface area contributed by atoms with Crippen LogP contribution in [0.2, 0.25) is 0 Å². The number of thiophene rings is 1. The van der Waals surface area contributed by atoms with Crippen molar-refractivity contribution in [2.45, 2.75) is 19.3 Å². The van der Waals surface area contributed by atoms with Crippen LogP contribution < -0.4 is 4.90 Å². The van der Waals surface area contributed by atoms with Gasteiger partial charge in [0, 0.05) is 42.6 Å². The largest absolute Gasteiger partial charge is 0.310 e. The van der Waals surface area contributed by atoms with E-state index in [-0.39, 0.29) is 5.41 Å². The lowest BCUT2D eigenvalue weighted by Gasteiger charge is -2.29. The number of fused-ring (bicyclic) bond motifs is 6. The van der Waals surface area contributed by atoms with E-state index in [1.165, 1.54) is 86.9 Å². The Morgan fingerprint density at radius 3 is 1.46 bits per heavy atom. The van der Waals surface area contributed by atoms with Crippen LogP contribution in [0.25, 0.3) is 75.8 Å². The minimum Gasteiger partial charge on any atom is -0.310 e. The van der Waals surface area contributed by atoms with E-state index in [4.69, 9.17) is 0 Å². The zero-order chi connectivity index (χ0) is 39.5. The lowest BCUT2D eigenvalue weighted by atomic mass is 9.81. The number of rotatable bonds is 7. The van der Waals surface area contributed by atoms with Crippen molar-refractivity contribution in [3.63, 3.8) is 0 Å². The minimum absolute atomic E-state index is 0.209. The molecule has 11 rings (SSSR count). The molecule has 0 aliphatic heterocycles. The fourth-order valence-electron chi connectivity index (χ4n) is 9.17. The summed E-state index contributed by atoms with van der Waals surface area (Å²) in [4.78, 5) is 2.44. The summed E-state index contributed by atoms with van der Waals surface area (Å²) in [5.41, 5.74) is 18.2. The molecule has 0 unspecified atom stereocenters. The molecule has 0 amide bonds. The van der Waals surface area contributed by atoms with E-state index in [2.05, 4.69) is 231 Å². The van der Waals surface area contributed by atoms with Gasteiger partial charge in [-0.25, -0.2) is 0 Å². The molecule has 0 saturated heterocycles. The Labute approximate surface area is 350 Å². The average molecular weight is 772 g/mol. The molecule has 1 heterocycles. The van der Waals surface area contributed by atoms with Gasteiger partial charge < -0.3 is 4.90 Å². The van der Waals surface area contributed by atoms with Gasteiger partial charge in [-0.2, -0.15) is 0 Å². The Balaban J connectivity index is 1.05. The Kier molecular flexibility index (Phi) is 8.43. The highest BCUT2D eigenvalue weighted by atomic mass is 32.1. The van der Waals surface area contributed by atoms with Crippen LogP contribution in [0, 0.1) is 0 Å². The molecule has 0 atom stereocenters. The third-order valence-electron chi connectivity index (χ3n) is 12.3. The van der Waals surface area contributed by atoms with E-state index in [1.807, 2.05) is 11.3 Å². The van der Waals surface area contributed by atoms with Gasteiger partial charge in [0.15, 0.2) is 0 Å². The van der Waals surface area contributed by atoms with Crippen LogP contribution in [0.3, 0.4) is 0 Å². The molecule has 0 radical (unpaired) electrons. The Hall–Kier alpha value is -7.00. The molecule has 1 aliphatic carbocycles. The molecule has 2 heteroatoms. The van der Waals surface area contributed by atoms with Crippen molar-refractivity contribution < 1.29 is 0 Å². The number of anilines is 3. The molecule has 59 heavy (non-hydrogen) atoms. The monoisotopic (exact) mass is 771 g/mol. The van der Waals surface area contributed by atoms with Gasteiger partial charge in [0.2, 0.25) is 0 Å². The Bertz CT molecular complexity index is 3100. The first-order valence-electron chi connectivity index (χ1n) is 20.4. The van der Waals surface area contributed by atoms with Gasteiger partial charge in [-0.1, -0.05) is 159 Å². The Morgan fingerprint density at radius 2 is 0.797 bits per heavy atom. The molecule has 0 saturated carbocycles. The zero-order valence-electron chi connectivity index (χ0n) is 33.1. The van der Waals surface area contributed by atoms with E-state index in [1.54, 1.807) is 0 Å². The van der Waals surface area contributed by atoms with Gasteiger partial charge in [0.25, 0.3) is 0 Å². The highest BCUT2D eigenvalue weighted by molar-refractivity contribution is 7.25. The topological polar surface area (TPSA) is 3.24 Å². The zero-order valence-corrected chi connectivity index (χ0v) is 33.9. The molecule has 280 valence electrons. The normalized spacial score (nSPS) is 12.7. The van der Waals surface area contributed by atoms with E-state index in [9.17, 15) is 0 Å². The van der Waals surface area contributed by atoms with Crippen LogP contribution in [0.4, 0.5) is 17.1 Å². The maximum Gasteiger partial charge on any atom is 0.0473 e. The summed E-state index contributed by atoms with van der Waals surface area (Å²) in [5.74, 6) is 0. The highest BCUT2D eigenvalue weighted by Gasteiger charge is 2.36. The third-order valence-corrected chi connectivity index (χ3v) is 13.4. The van der Waals surface area contributed by atoms with E-state index >= 15 is 0 Å². The molecule has 0 N–H and O–H groups in total. The van der Waals surface area contributed by atoms with Crippen LogP contribution in [0.15, 0.2) is 212 Å². The summed E-state index contributed by atoms with van der Waals surface area (Å²) in [5, 5.41) is 2.67. The van der Waals surface area contributed by atoms with Crippen LogP contribution in [-0.2, 0) is 5.41 Å². The van der Waals surface area contributed by atoms with E-state index < -0.39 is 0 Å². The minimum atomic E-state index is -0.209. The summed E-state index contributed by atoms with van der Waals surface area (Å²) in [6, 6.07) is 78.1. The molecule has 0 bridgehead atoms. The van der Waals surface area contributed by atoms with Crippen molar-refractivity contribution in [1.29, 1.82) is 0 Å². The summed E-state index contributed by atoms with van der Waals surface area (Å²) in [7, 11) is 0. The number of benzene rings is 9. The van der Waals surface area contributed by atoms with Crippen molar-refractivity contribution in [1.82, 2.24) is 0 Å². The van der Waals surface area contributed by atoms with E-state index in [0.717, 1.165) is 17.1 Å². The van der Waals surface area contributed by atoms with Crippen molar-refractivity contribution in [3.05, 3.63) is 223 Å². The summed E-state index contributed by atoms with van der Waals surface area (Å²) in [6.45, 7) is 4.78. The van der Waals surface area contributed by atoms with E-state index in [0.29, 0.717) is 0 Å². The van der Waals surface area contributed by atoms with Crippen molar-refractivity contribution in [2.24, 2.45) is 0 Å². The van der Waals surface area contributed by atoms with Gasteiger partial charge in [0.1, 0.15) is 0 Å². The van der Waals surface area contributed by atoms with Gasteiger partial charge in [0.05, 0.1) is 0 Å². The molecule has 10 aromatic rings. The quantitative estimate of drug-likeness (QED) is 0.156. The highest BCUT2D eigenvalue weighted by Crippen LogP contribution is 2.52. The van der Waals surface area contributed by atoms with Crippen LogP contribution in [-0.4, -0.2) is 0 Å². The second-order valence-corrected chi connectivity index (χ2v) is 17.3. The third kappa shape index (κ3) is 6.16. The molecule has 1 nitrogen and oxygen atoms in total. The number of hydrogen-bond donors (Lipinski definition) is 0. The number of nitrogens with zero attached hydrogens (tertiary/aromatic N) is 1. The predicted molar refractivity (Wildman–Crippen MR) is 253 cm³/mol. The maximum absolute atomic E-state index is 2.45. The summed E-state index contributed by atoms with van der Waals surface area (Å²) >= 11 is 1.87. The number of hydrogen-bond acceptors (Lipinski definition) is 2. The molecular formula is C57H41NS. The molecule has 9 aromatic carbocycles. The smallest absolute Gasteiger partial charge is 0.0473 e. The lowest BCUT2D eigenvalue weighted by Crippen LogP contribution is -2.16. The van der Waals surface area contributed by atoms with Crippen LogP contribution in [0.1, 0.15) is 25.0 Å². The molecular weight excluding hydrogens is 731 g/mol. The van der Waals surface area contributed by atoms with Gasteiger partial charge in [-0.15, -0.1) is 11.3 Å². The predicted octanol–water partition coefficient (Wildman–Crippen LogP) is 16.5. The summed E-state index contributed by atoms with van der Waals surface area (Å²) in [6.07, 6.45) is 0. The van der Waals surface area contributed by atoms with Gasteiger partial charge in [-0.05, 0) is 133 Å². The standard InChI is InChI=1S/C57H41NS/c1-57(2)53-36-43(42-25-31-56-52(35-42)51-20-12-13-21-55(51)59-56)24-29-49(53)50-30-28-47(37-54(50)57)58(46-26-22-41(23-27-46)38-14-6-3-7-15-38)48-33-44(39-16-8-4-9-17-39)32-45(34-48)40-18-10-5-11-19-40/h3-37H,1-2H3. The first kappa shape index (κ1) is 35.2. The second-order valence-electron chi connectivity index (χ2n) is 16.2. The second kappa shape index (κ2) is 14.1. The van der Waals surface area contributed by atoms with Crippen molar-refractivity contribution in [2.75, 3.05) is 4.90 Å². The summed E-state index contributed by atoms with van der Waals surface area (Å²) < 4.78 is 2.67.